The van der Waals surface area contributed by atoms with E-state index in [0.717, 1.165) is 5.56 Å². The quantitative estimate of drug-likeness (QED) is 0.754. The molecule has 0 aromatic heterocycles. The van der Waals surface area contributed by atoms with Crippen molar-refractivity contribution in [2.24, 2.45) is 11.1 Å². The first kappa shape index (κ1) is 16.2. The second-order valence-corrected chi connectivity index (χ2v) is 5.93. The largest absolute Gasteiger partial charge is 0.480 e. The van der Waals surface area contributed by atoms with Crippen LogP contribution in [0.2, 0.25) is 0 Å². The van der Waals surface area contributed by atoms with E-state index in [0.29, 0.717) is 0 Å². The number of carbonyl (C=O) groups excluding carboxylic acids is 1. The number of hydrogen-bond acceptors (Lipinski definition) is 3. The number of hydrogen-bond donors (Lipinski definition) is 3. The molecule has 4 N–H and O–H groups in total. The highest BCUT2D eigenvalue weighted by atomic mass is 16.4. The fourth-order valence-electron chi connectivity index (χ4n) is 1.70. The summed E-state index contributed by atoms with van der Waals surface area (Å²) in [5.74, 6) is -1.51. The van der Waals surface area contributed by atoms with E-state index in [1.54, 1.807) is 0 Å². The highest BCUT2D eigenvalue weighted by Crippen LogP contribution is 2.17. The molecule has 1 amide bonds. The molecule has 0 saturated heterocycles. The predicted octanol–water partition coefficient (Wildman–Crippen LogP) is 1.17. The third-order valence-electron chi connectivity index (χ3n) is 3.11. The molecule has 0 aliphatic rings. The first-order valence-corrected chi connectivity index (χ1v) is 6.54. The Kier molecular flexibility index (Phi) is 5.27. The minimum atomic E-state index is -1.07. The summed E-state index contributed by atoms with van der Waals surface area (Å²) in [6, 6.07) is 7.44. The molecule has 1 aromatic carbocycles. The van der Waals surface area contributed by atoms with E-state index < -0.39 is 29.4 Å². The fraction of sp³-hybridized carbons (Fsp3) is 0.467. The highest BCUT2D eigenvalue weighted by Gasteiger charge is 2.30. The molecule has 0 fully saturated rings. The average molecular weight is 278 g/mol. The third kappa shape index (κ3) is 4.66. The van der Waals surface area contributed by atoms with Crippen molar-refractivity contribution in [3.63, 3.8) is 0 Å². The number of carbonyl (C=O) groups is 2. The summed E-state index contributed by atoms with van der Waals surface area (Å²) in [5.41, 5.74) is 6.27. The van der Waals surface area contributed by atoms with Gasteiger partial charge >= 0.3 is 5.97 Å². The lowest BCUT2D eigenvalue weighted by molar-refractivity contribution is -0.142. The zero-order valence-corrected chi connectivity index (χ0v) is 12.1. The predicted molar refractivity (Wildman–Crippen MR) is 77.1 cm³/mol. The van der Waals surface area contributed by atoms with E-state index in [-0.39, 0.29) is 6.42 Å². The summed E-state index contributed by atoms with van der Waals surface area (Å²) in [6.45, 7) is 5.51. The zero-order chi connectivity index (χ0) is 15.3. The van der Waals surface area contributed by atoms with Crippen LogP contribution in [-0.4, -0.2) is 29.1 Å². The number of benzene rings is 1. The second-order valence-electron chi connectivity index (χ2n) is 5.93. The summed E-state index contributed by atoms with van der Waals surface area (Å²) in [7, 11) is 0. The van der Waals surface area contributed by atoms with Crippen molar-refractivity contribution in [2.75, 3.05) is 0 Å². The molecule has 2 atom stereocenters. The van der Waals surface area contributed by atoms with Gasteiger partial charge in [0.15, 0.2) is 0 Å². The van der Waals surface area contributed by atoms with Crippen LogP contribution < -0.4 is 11.1 Å². The van der Waals surface area contributed by atoms with Crippen molar-refractivity contribution in [2.45, 2.75) is 39.3 Å². The van der Waals surface area contributed by atoms with Crippen LogP contribution in [0.4, 0.5) is 0 Å². The molecule has 0 saturated carbocycles. The molecule has 0 radical (unpaired) electrons. The molecule has 0 aliphatic heterocycles. The van der Waals surface area contributed by atoms with E-state index in [1.165, 1.54) is 0 Å². The van der Waals surface area contributed by atoms with Crippen LogP contribution in [0.15, 0.2) is 30.3 Å². The zero-order valence-electron chi connectivity index (χ0n) is 12.1. The van der Waals surface area contributed by atoms with Crippen molar-refractivity contribution in [3.8, 4) is 0 Å². The molecule has 0 aliphatic carbocycles. The molecule has 110 valence electrons. The summed E-state index contributed by atoms with van der Waals surface area (Å²) >= 11 is 0. The topological polar surface area (TPSA) is 92.4 Å². The van der Waals surface area contributed by atoms with Crippen molar-refractivity contribution in [3.05, 3.63) is 35.9 Å². The fourth-order valence-corrected chi connectivity index (χ4v) is 1.70. The standard InChI is InChI=1S/C15H22N2O3/c1-15(2,3)12(16)13(18)17-11(14(19)20)9-10-7-5-4-6-8-10/h4-8,11-12H,9,16H2,1-3H3,(H,17,18)(H,19,20)/t11?,12-/m1/s1. The van der Waals surface area contributed by atoms with Crippen LogP contribution >= 0.6 is 0 Å². The number of rotatable bonds is 5. The van der Waals surface area contributed by atoms with E-state index in [4.69, 9.17) is 5.73 Å². The van der Waals surface area contributed by atoms with Gasteiger partial charge in [-0.15, -0.1) is 0 Å². The van der Waals surface area contributed by atoms with Gasteiger partial charge in [-0.2, -0.15) is 0 Å². The van der Waals surface area contributed by atoms with Crippen LogP contribution in [-0.2, 0) is 16.0 Å². The molecular weight excluding hydrogens is 256 g/mol. The van der Waals surface area contributed by atoms with Gasteiger partial charge in [-0.1, -0.05) is 51.1 Å². The van der Waals surface area contributed by atoms with Gasteiger partial charge in [0, 0.05) is 6.42 Å². The normalized spacial score (nSPS) is 14.4. The maximum Gasteiger partial charge on any atom is 0.326 e. The number of nitrogens with one attached hydrogen (secondary N) is 1. The molecule has 5 nitrogen and oxygen atoms in total. The first-order chi connectivity index (χ1) is 9.21. The maximum atomic E-state index is 12.0. The van der Waals surface area contributed by atoms with Crippen molar-refractivity contribution < 1.29 is 14.7 Å². The van der Waals surface area contributed by atoms with Crippen LogP contribution in [0.25, 0.3) is 0 Å². The number of nitrogens with two attached hydrogens (primary N) is 1. The van der Waals surface area contributed by atoms with Crippen LogP contribution in [0.3, 0.4) is 0 Å². The molecule has 5 heteroatoms. The van der Waals surface area contributed by atoms with Crippen LogP contribution in [0, 0.1) is 5.41 Å². The Hall–Kier alpha value is -1.88. The van der Waals surface area contributed by atoms with E-state index in [1.807, 2.05) is 51.1 Å². The molecular formula is C15H22N2O3. The Morgan fingerprint density at radius 2 is 1.80 bits per heavy atom. The Morgan fingerprint density at radius 3 is 2.25 bits per heavy atom. The van der Waals surface area contributed by atoms with Gasteiger partial charge in [0.2, 0.25) is 5.91 Å². The minimum Gasteiger partial charge on any atom is -0.480 e. The van der Waals surface area contributed by atoms with Gasteiger partial charge in [-0.05, 0) is 11.0 Å². The molecule has 1 aromatic rings. The Morgan fingerprint density at radius 1 is 1.25 bits per heavy atom. The SMILES string of the molecule is CC(C)(C)[C@H](N)C(=O)NC(Cc1ccccc1)C(=O)O. The van der Waals surface area contributed by atoms with Crippen molar-refractivity contribution >= 4 is 11.9 Å². The average Bonchev–Trinajstić information content (AvgIpc) is 2.37. The smallest absolute Gasteiger partial charge is 0.326 e. The molecule has 20 heavy (non-hydrogen) atoms. The van der Waals surface area contributed by atoms with Gasteiger partial charge in [-0.25, -0.2) is 4.79 Å². The highest BCUT2D eigenvalue weighted by molar-refractivity contribution is 5.87. The van der Waals surface area contributed by atoms with Crippen LogP contribution in [0.1, 0.15) is 26.3 Å². The van der Waals surface area contributed by atoms with E-state index in [2.05, 4.69) is 5.32 Å². The summed E-state index contributed by atoms with van der Waals surface area (Å²) in [5, 5.41) is 11.7. The van der Waals surface area contributed by atoms with Crippen molar-refractivity contribution in [1.82, 2.24) is 5.32 Å². The monoisotopic (exact) mass is 278 g/mol. The molecule has 0 bridgehead atoms. The number of amides is 1. The summed E-state index contributed by atoms with van der Waals surface area (Å²) in [6.07, 6.45) is 0.235. The lowest BCUT2D eigenvalue weighted by atomic mass is 9.86. The lowest BCUT2D eigenvalue weighted by Gasteiger charge is -2.27. The first-order valence-electron chi connectivity index (χ1n) is 6.54. The van der Waals surface area contributed by atoms with Gasteiger partial charge in [-0.3, -0.25) is 4.79 Å². The summed E-state index contributed by atoms with van der Waals surface area (Å²) in [4.78, 5) is 23.3. The Labute approximate surface area is 119 Å². The van der Waals surface area contributed by atoms with E-state index >= 15 is 0 Å². The maximum absolute atomic E-state index is 12.0. The second kappa shape index (κ2) is 6.52. The molecule has 1 rings (SSSR count). The van der Waals surface area contributed by atoms with Crippen LogP contribution in [0.5, 0.6) is 0 Å². The van der Waals surface area contributed by atoms with Crippen molar-refractivity contribution in [1.29, 1.82) is 0 Å². The number of carboxylic acids is 1. The molecule has 0 spiro atoms. The Balaban J connectivity index is 2.74. The number of carboxylic acid groups (broad SMARTS) is 1. The Bertz CT molecular complexity index is 466. The summed E-state index contributed by atoms with van der Waals surface area (Å²) < 4.78 is 0. The van der Waals surface area contributed by atoms with Gasteiger partial charge in [0.05, 0.1) is 6.04 Å². The molecule has 0 heterocycles. The van der Waals surface area contributed by atoms with Gasteiger partial charge in [0.1, 0.15) is 6.04 Å². The van der Waals surface area contributed by atoms with Gasteiger partial charge < -0.3 is 16.2 Å². The third-order valence-corrected chi connectivity index (χ3v) is 3.11. The van der Waals surface area contributed by atoms with E-state index in [9.17, 15) is 14.7 Å². The molecule has 1 unspecified atom stereocenters. The lowest BCUT2D eigenvalue weighted by Crippen LogP contribution is -2.53. The minimum absolute atomic E-state index is 0.235. The number of aliphatic carboxylic acids is 1. The van der Waals surface area contributed by atoms with Gasteiger partial charge in [0.25, 0.3) is 0 Å².